The molecule has 4 saturated carbocycles. The van der Waals surface area contributed by atoms with Crippen molar-refractivity contribution in [2.45, 2.75) is 119 Å². The van der Waals surface area contributed by atoms with E-state index in [1.807, 2.05) is 12.7 Å². The van der Waals surface area contributed by atoms with Crippen LogP contribution in [0.4, 0.5) is 0 Å². The second-order valence-electron chi connectivity index (χ2n) is 15.4. The van der Waals surface area contributed by atoms with Crippen LogP contribution in [0.15, 0.2) is 11.6 Å². The fraction of sp³-hybridized carbons (Fsp3) is 0.935. The molecule has 1 N–H and O–H groups in total. The summed E-state index contributed by atoms with van der Waals surface area (Å²) < 4.78 is 5.73. The molecule has 188 valence electrons. The van der Waals surface area contributed by atoms with Gasteiger partial charge in [0.2, 0.25) is 0 Å². The van der Waals surface area contributed by atoms with Crippen LogP contribution in [0.5, 0.6) is 0 Å². The lowest BCUT2D eigenvalue weighted by molar-refractivity contribution is -0.217. The summed E-state index contributed by atoms with van der Waals surface area (Å²) in [5, 5.41) is 11.1. The summed E-state index contributed by atoms with van der Waals surface area (Å²) in [4.78, 5) is 0. The summed E-state index contributed by atoms with van der Waals surface area (Å²) in [6, 6.07) is 0. The van der Waals surface area contributed by atoms with Crippen molar-refractivity contribution in [1.29, 1.82) is 0 Å². The Bertz CT molecular complexity index is 829. The van der Waals surface area contributed by atoms with Crippen LogP contribution in [0.1, 0.15) is 113 Å². The lowest BCUT2D eigenvalue weighted by Crippen LogP contribution is -2.65. The standard InChI is InChI=1S/C31H52O2/c1-26(2)15-16-27(3)17-18-30(6)21(22(27)19-26)9-10-24-28(4)13-12-25(32)29(5,20-33-8)23(28)11-14-31(24,30)7/h9,22-25,32H,10-20H2,1-8H3/t22-,23?,24-,25+,27-,28+,29+,30-,31-/m1/s1. The van der Waals surface area contributed by atoms with E-state index in [2.05, 4.69) is 54.5 Å². The molecule has 5 aliphatic rings. The molecule has 9 atom stereocenters. The Morgan fingerprint density at radius 3 is 2.27 bits per heavy atom. The first-order valence-corrected chi connectivity index (χ1v) is 14.1. The zero-order valence-electron chi connectivity index (χ0n) is 23.0. The Labute approximate surface area is 204 Å². The average molecular weight is 457 g/mol. The van der Waals surface area contributed by atoms with Gasteiger partial charge in [-0.2, -0.15) is 0 Å². The summed E-state index contributed by atoms with van der Waals surface area (Å²) >= 11 is 0. The highest BCUT2D eigenvalue weighted by Crippen LogP contribution is 2.75. The van der Waals surface area contributed by atoms with Crippen LogP contribution < -0.4 is 0 Å². The normalized spacial score (nSPS) is 55.5. The third-order valence-corrected chi connectivity index (χ3v) is 13.3. The molecule has 5 aliphatic carbocycles. The van der Waals surface area contributed by atoms with Crippen molar-refractivity contribution in [2.24, 2.45) is 50.2 Å². The topological polar surface area (TPSA) is 29.5 Å². The molecule has 2 heteroatoms. The van der Waals surface area contributed by atoms with Crippen molar-refractivity contribution < 1.29 is 9.84 Å². The van der Waals surface area contributed by atoms with Gasteiger partial charge in [0.25, 0.3) is 0 Å². The van der Waals surface area contributed by atoms with Gasteiger partial charge in [-0.25, -0.2) is 0 Å². The van der Waals surface area contributed by atoms with Gasteiger partial charge in [-0.3, -0.25) is 0 Å². The van der Waals surface area contributed by atoms with E-state index in [1.54, 1.807) is 0 Å². The zero-order valence-corrected chi connectivity index (χ0v) is 23.0. The first kappa shape index (κ1) is 24.4. The van der Waals surface area contributed by atoms with Gasteiger partial charge < -0.3 is 9.84 Å². The molecule has 0 aromatic carbocycles. The van der Waals surface area contributed by atoms with Gasteiger partial charge in [-0.15, -0.1) is 0 Å². The van der Waals surface area contributed by atoms with Crippen molar-refractivity contribution in [1.82, 2.24) is 0 Å². The van der Waals surface area contributed by atoms with E-state index in [1.165, 1.54) is 57.8 Å². The van der Waals surface area contributed by atoms with Crippen LogP contribution >= 0.6 is 0 Å². The quantitative estimate of drug-likeness (QED) is 0.430. The minimum atomic E-state index is -0.231. The summed E-state index contributed by atoms with van der Waals surface area (Å²) in [5.74, 6) is 2.03. The Morgan fingerprint density at radius 1 is 0.879 bits per heavy atom. The number of aliphatic hydroxyl groups excluding tert-OH is 1. The van der Waals surface area contributed by atoms with Crippen molar-refractivity contribution >= 4 is 0 Å². The molecular weight excluding hydrogens is 404 g/mol. The Morgan fingerprint density at radius 2 is 1.58 bits per heavy atom. The lowest BCUT2D eigenvalue weighted by Gasteiger charge is -2.71. The van der Waals surface area contributed by atoms with Crippen LogP contribution in [-0.4, -0.2) is 24.9 Å². The van der Waals surface area contributed by atoms with E-state index in [0.29, 0.717) is 40.1 Å². The monoisotopic (exact) mass is 456 g/mol. The zero-order chi connectivity index (χ0) is 24.1. The van der Waals surface area contributed by atoms with Crippen LogP contribution in [0, 0.1) is 50.2 Å². The predicted molar refractivity (Wildman–Crippen MR) is 137 cm³/mol. The van der Waals surface area contributed by atoms with Crippen LogP contribution in [0.3, 0.4) is 0 Å². The number of rotatable bonds is 2. The number of allylic oxidation sites excluding steroid dienone is 2. The number of methoxy groups -OCH3 is 1. The van der Waals surface area contributed by atoms with Crippen molar-refractivity contribution in [3.05, 3.63) is 11.6 Å². The molecule has 33 heavy (non-hydrogen) atoms. The van der Waals surface area contributed by atoms with Gasteiger partial charge in [-0.1, -0.05) is 60.1 Å². The first-order valence-electron chi connectivity index (χ1n) is 14.1. The molecule has 0 aromatic rings. The summed E-state index contributed by atoms with van der Waals surface area (Å²) in [6.07, 6.45) is 15.4. The molecule has 2 nitrogen and oxygen atoms in total. The van der Waals surface area contributed by atoms with Crippen molar-refractivity contribution in [3.63, 3.8) is 0 Å². The minimum absolute atomic E-state index is 0.119. The van der Waals surface area contributed by atoms with Gasteiger partial charge in [0.1, 0.15) is 0 Å². The van der Waals surface area contributed by atoms with Gasteiger partial charge >= 0.3 is 0 Å². The molecule has 0 spiro atoms. The summed E-state index contributed by atoms with van der Waals surface area (Å²) in [5.41, 5.74) is 3.71. The van der Waals surface area contributed by atoms with E-state index in [9.17, 15) is 5.11 Å². The molecule has 5 rings (SSSR count). The molecule has 0 heterocycles. The Balaban J connectivity index is 1.56. The van der Waals surface area contributed by atoms with Gasteiger partial charge in [-0.05, 0) is 109 Å². The molecule has 1 unspecified atom stereocenters. The average Bonchev–Trinajstić information content (AvgIpc) is 2.73. The molecule has 0 radical (unpaired) electrons. The molecule has 0 aliphatic heterocycles. The van der Waals surface area contributed by atoms with Gasteiger partial charge in [0.15, 0.2) is 0 Å². The highest BCUT2D eigenvalue weighted by molar-refractivity contribution is 5.33. The number of hydrogen-bond acceptors (Lipinski definition) is 2. The molecule has 0 aromatic heterocycles. The van der Waals surface area contributed by atoms with Crippen molar-refractivity contribution in [2.75, 3.05) is 13.7 Å². The number of ether oxygens (including phenoxy) is 1. The third-order valence-electron chi connectivity index (χ3n) is 13.3. The molecule has 0 bridgehead atoms. The maximum Gasteiger partial charge on any atom is 0.0618 e. The summed E-state index contributed by atoms with van der Waals surface area (Å²) in [6.45, 7) is 18.7. The molecular formula is C31H52O2. The van der Waals surface area contributed by atoms with E-state index in [4.69, 9.17) is 4.74 Å². The van der Waals surface area contributed by atoms with Gasteiger partial charge in [0, 0.05) is 12.5 Å². The molecule has 4 fully saturated rings. The number of hydrogen-bond donors (Lipinski definition) is 1. The third kappa shape index (κ3) is 3.11. The fourth-order valence-electron chi connectivity index (χ4n) is 10.8. The Kier molecular flexibility index (Phi) is 5.42. The van der Waals surface area contributed by atoms with Crippen LogP contribution in [-0.2, 0) is 4.74 Å². The van der Waals surface area contributed by atoms with Crippen molar-refractivity contribution in [3.8, 4) is 0 Å². The fourth-order valence-corrected chi connectivity index (χ4v) is 10.8. The smallest absolute Gasteiger partial charge is 0.0618 e. The first-order chi connectivity index (χ1) is 15.3. The maximum atomic E-state index is 11.1. The molecule has 0 saturated heterocycles. The summed E-state index contributed by atoms with van der Waals surface area (Å²) in [7, 11) is 1.82. The molecule has 0 amide bonds. The van der Waals surface area contributed by atoms with E-state index < -0.39 is 0 Å². The number of fused-ring (bicyclic) bond motifs is 7. The maximum absolute atomic E-state index is 11.1. The highest BCUT2D eigenvalue weighted by Gasteiger charge is 2.68. The second-order valence-corrected chi connectivity index (χ2v) is 15.4. The largest absolute Gasteiger partial charge is 0.392 e. The minimum Gasteiger partial charge on any atom is -0.392 e. The van der Waals surface area contributed by atoms with Crippen LogP contribution in [0.2, 0.25) is 0 Å². The van der Waals surface area contributed by atoms with Crippen LogP contribution in [0.25, 0.3) is 0 Å². The number of aliphatic hydroxyl groups is 1. The highest BCUT2D eigenvalue weighted by atomic mass is 16.5. The van der Waals surface area contributed by atoms with E-state index >= 15 is 0 Å². The van der Waals surface area contributed by atoms with Gasteiger partial charge in [0.05, 0.1) is 12.7 Å². The van der Waals surface area contributed by atoms with E-state index in [0.717, 1.165) is 12.3 Å². The van der Waals surface area contributed by atoms with E-state index in [-0.39, 0.29) is 16.9 Å². The SMILES string of the molecule is COC[C@@]1(C)C2CC[C@]3(C)[C@H](CC=C4[C@H]5CC(C)(C)CC[C@]5(C)CC[C@]43C)[C@@]2(C)CC[C@@H]1O. The lowest BCUT2D eigenvalue weighted by atomic mass is 9.33. The predicted octanol–water partition coefficient (Wildman–Crippen LogP) is 7.80. The Hall–Kier alpha value is -0.340. The second kappa shape index (κ2) is 7.34.